The van der Waals surface area contributed by atoms with Gasteiger partial charge in [0.15, 0.2) is 0 Å². The smallest absolute Gasteiger partial charge is 0.0678 e. The normalized spacial score (nSPS) is 10.9. The summed E-state index contributed by atoms with van der Waals surface area (Å²) in [6.45, 7) is 7.39. The van der Waals surface area contributed by atoms with Gasteiger partial charge in [0.2, 0.25) is 0 Å². The number of hydrogen-bond donors (Lipinski definition) is 1. The highest BCUT2D eigenvalue weighted by atomic mass is 15.3. The summed E-state index contributed by atoms with van der Waals surface area (Å²) in [5.74, 6) is 0. The van der Waals surface area contributed by atoms with Gasteiger partial charge in [0.25, 0.3) is 0 Å². The van der Waals surface area contributed by atoms with Crippen LogP contribution >= 0.6 is 0 Å². The lowest BCUT2D eigenvalue weighted by molar-refractivity contribution is 0.776. The monoisotopic (exact) mass is 257 g/mol. The minimum Gasteiger partial charge on any atom is -0.316 e. The first-order valence-corrected chi connectivity index (χ1v) is 7.03. The molecule has 3 nitrogen and oxygen atoms in total. The molecule has 0 bridgehead atoms. The maximum atomic E-state index is 4.83. The molecule has 0 aliphatic carbocycles. The Hall–Kier alpha value is -1.61. The molecule has 3 heteroatoms. The molecule has 19 heavy (non-hydrogen) atoms. The number of nitrogens with zero attached hydrogens (tertiary/aromatic N) is 2. The van der Waals surface area contributed by atoms with Gasteiger partial charge in [0.1, 0.15) is 0 Å². The predicted molar refractivity (Wildman–Crippen MR) is 79.8 cm³/mol. The second kappa shape index (κ2) is 6.02. The molecule has 0 spiro atoms. The minimum atomic E-state index is 0.887. The number of benzene rings is 1. The van der Waals surface area contributed by atoms with Crippen LogP contribution < -0.4 is 5.32 Å². The highest BCUT2D eigenvalue weighted by Gasteiger charge is 2.16. The lowest BCUT2D eigenvalue weighted by atomic mass is 10.1. The molecule has 1 heterocycles. The molecular formula is C16H23N3. The van der Waals surface area contributed by atoms with Crippen LogP contribution in [0, 0.1) is 6.92 Å². The molecule has 0 fully saturated rings. The van der Waals surface area contributed by atoms with Crippen LogP contribution in [0.25, 0.3) is 5.69 Å². The third-order valence-corrected chi connectivity index (χ3v) is 3.54. The van der Waals surface area contributed by atoms with Gasteiger partial charge >= 0.3 is 0 Å². The molecule has 102 valence electrons. The van der Waals surface area contributed by atoms with E-state index < -0.39 is 0 Å². The van der Waals surface area contributed by atoms with Crippen LogP contribution in [0.3, 0.4) is 0 Å². The number of hydrogen-bond acceptors (Lipinski definition) is 2. The molecule has 1 aromatic carbocycles. The lowest BCUT2D eigenvalue weighted by Crippen LogP contribution is -2.09. The Bertz CT molecular complexity index is 555. The molecule has 0 unspecified atom stereocenters. The van der Waals surface area contributed by atoms with Gasteiger partial charge in [-0.2, -0.15) is 5.10 Å². The van der Waals surface area contributed by atoms with Gasteiger partial charge in [0, 0.05) is 17.8 Å². The van der Waals surface area contributed by atoms with Gasteiger partial charge < -0.3 is 5.32 Å². The summed E-state index contributed by atoms with van der Waals surface area (Å²) in [5.41, 5.74) is 6.33. The third-order valence-electron chi connectivity index (χ3n) is 3.54. The first kappa shape index (κ1) is 13.8. The van der Waals surface area contributed by atoms with E-state index in [1.165, 1.54) is 28.2 Å². The second-order valence-corrected chi connectivity index (χ2v) is 4.81. The van der Waals surface area contributed by atoms with Crippen molar-refractivity contribution in [2.75, 3.05) is 7.05 Å². The Morgan fingerprint density at radius 2 is 1.89 bits per heavy atom. The van der Waals surface area contributed by atoms with Crippen LogP contribution in [0.15, 0.2) is 24.3 Å². The van der Waals surface area contributed by atoms with Crippen molar-refractivity contribution >= 4 is 0 Å². The quantitative estimate of drug-likeness (QED) is 0.892. The summed E-state index contributed by atoms with van der Waals surface area (Å²) in [7, 11) is 1.99. The molecule has 0 saturated heterocycles. The molecule has 2 rings (SSSR count). The van der Waals surface area contributed by atoms with E-state index in [1.807, 2.05) is 7.05 Å². The summed E-state index contributed by atoms with van der Waals surface area (Å²) in [6, 6.07) is 8.43. The van der Waals surface area contributed by atoms with Crippen molar-refractivity contribution in [1.29, 1.82) is 0 Å². The van der Waals surface area contributed by atoms with Crippen LogP contribution in [0.5, 0.6) is 0 Å². The zero-order chi connectivity index (χ0) is 13.8. The van der Waals surface area contributed by atoms with Gasteiger partial charge in [-0.05, 0) is 38.4 Å². The van der Waals surface area contributed by atoms with E-state index in [-0.39, 0.29) is 0 Å². The number of rotatable bonds is 5. The van der Waals surface area contributed by atoms with Crippen molar-refractivity contribution < 1.29 is 0 Å². The van der Waals surface area contributed by atoms with Crippen LogP contribution in [0.4, 0.5) is 0 Å². The van der Waals surface area contributed by atoms with Gasteiger partial charge in [-0.3, -0.25) is 0 Å². The first-order chi connectivity index (χ1) is 9.22. The largest absolute Gasteiger partial charge is 0.316 e. The Morgan fingerprint density at radius 3 is 2.47 bits per heavy atom. The number of aryl methyl sites for hydroxylation is 2. The second-order valence-electron chi connectivity index (χ2n) is 4.81. The SMILES string of the molecule is CCc1nn(-c2ccccc2C)c(CC)c1CNC. The molecule has 0 radical (unpaired) electrons. The van der Waals surface area contributed by atoms with E-state index in [0.29, 0.717) is 0 Å². The summed E-state index contributed by atoms with van der Waals surface area (Å²) in [6.07, 6.45) is 1.97. The molecule has 1 aromatic heterocycles. The maximum Gasteiger partial charge on any atom is 0.0678 e. The van der Waals surface area contributed by atoms with Crippen molar-refractivity contribution in [3.05, 3.63) is 46.8 Å². The van der Waals surface area contributed by atoms with Crippen molar-refractivity contribution in [2.24, 2.45) is 0 Å². The van der Waals surface area contributed by atoms with Crippen LogP contribution in [-0.4, -0.2) is 16.8 Å². The molecule has 0 amide bonds. The molecular weight excluding hydrogens is 234 g/mol. The Morgan fingerprint density at radius 1 is 1.16 bits per heavy atom. The fraction of sp³-hybridized carbons (Fsp3) is 0.438. The maximum absolute atomic E-state index is 4.83. The Labute approximate surface area is 115 Å². The van der Waals surface area contributed by atoms with E-state index in [4.69, 9.17) is 5.10 Å². The Kier molecular flexibility index (Phi) is 4.38. The van der Waals surface area contributed by atoms with E-state index in [9.17, 15) is 0 Å². The Balaban J connectivity index is 2.60. The minimum absolute atomic E-state index is 0.887. The summed E-state index contributed by atoms with van der Waals surface area (Å²) >= 11 is 0. The first-order valence-electron chi connectivity index (χ1n) is 7.03. The fourth-order valence-electron chi connectivity index (χ4n) is 2.56. The van der Waals surface area contributed by atoms with Crippen molar-refractivity contribution in [3.8, 4) is 5.69 Å². The lowest BCUT2D eigenvalue weighted by Gasteiger charge is -2.10. The van der Waals surface area contributed by atoms with Crippen molar-refractivity contribution in [1.82, 2.24) is 15.1 Å². The zero-order valence-corrected chi connectivity index (χ0v) is 12.3. The molecule has 0 atom stereocenters. The zero-order valence-electron chi connectivity index (χ0n) is 12.3. The molecule has 2 aromatic rings. The molecule has 0 saturated carbocycles. The average Bonchev–Trinajstić information content (AvgIpc) is 2.77. The average molecular weight is 257 g/mol. The predicted octanol–water partition coefficient (Wildman–Crippen LogP) is 3.02. The summed E-state index contributed by atoms with van der Waals surface area (Å²) in [4.78, 5) is 0. The summed E-state index contributed by atoms with van der Waals surface area (Å²) < 4.78 is 2.13. The highest BCUT2D eigenvalue weighted by molar-refractivity contribution is 5.43. The molecule has 0 aliphatic rings. The number of nitrogens with one attached hydrogen (secondary N) is 1. The number of aromatic nitrogens is 2. The van der Waals surface area contributed by atoms with Crippen LogP contribution in [0.1, 0.15) is 36.4 Å². The topological polar surface area (TPSA) is 29.9 Å². The third kappa shape index (κ3) is 2.56. The van der Waals surface area contributed by atoms with Crippen LogP contribution in [0.2, 0.25) is 0 Å². The summed E-state index contributed by atoms with van der Waals surface area (Å²) in [5, 5.41) is 8.09. The van der Waals surface area contributed by atoms with Crippen molar-refractivity contribution in [3.63, 3.8) is 0 Å². The number of para-hydroxylation sites is 1. The van der Waals surface area contributed by atoms with Gasteiger partial charge in [-0.1, -0.05) is 32.0 Å². The van der Waals surface area contributed by atoms with Gasteiger partial charge in [-0.15, -0.1) is 0 Å². The van der Waals surface area contributed by atoms with E-state index >= 15 is 0 Å². The fourth-order valence-corrected chi connectivity index (χ4v) is 2.56. The van der Waals surface area contributed by atoms with E-state index in [0.717, 1.165) is 19.4 Å². The van der Waals surface area contributed by atoms with E-state index in [2.05, 4.69) is 55.0 Å². The molecule has 0 aliphatic heterocycles. The molecule has 1 N–H and O–H groups in total. The van der Waals surface area contributed by atoms with Crippen LogP contribution in [-0.2, 0) is 19.4 Å². The standard InChI is InChI=1S/C16H23N3/c1-5-14-13(11-17-4)15(6-2)19(18-14)16-10-8-7-9-12(16)3/h7-10,17H,5-6,11H2,1-4H3. The van der Waals surface area contributed by atoms with Crippen molar-refractivity contribution in [2.45, 2.75) is 40.2 Å². The van der Waals surface area contributed by atoms with Gasteiger partial charge in [-0.25, -0.2) is 4.68 Å². The van der Waals surface area contributed by atoms with Gasteiger partial charge in [0.05, 0.1) is 11.4 Å². The highest BCUT2D eigenvalue weighted by Crippen LogP contribution is 2.22. The van der Waals surface area contributed by atoms with E-state index in [1.54, 1.807) is 0 Å².